The molecule has 1 aromatic carbocycles. The van der Waals surface area contributed by atoms with Gasteiger partial charge in [0.05, 0.1) is 0 Å². The van der Waals surface area contributed by atoms with E-state index in [2.05, 4.69) is 15.2 Å². The second kappa shape index (κ2) is 5.97. The monoisotopic (exact) mass is 299 g/mol. The summed E-state index contributed by atoms with van der Waals surface area (Å²) in [7, 11) is 0. The SMILES string of the molecule is CC(=O)N1CCN(c2nnc(-c3ccccc3)c(=O)[nH]2)CC1. The lowest BCUT2D eigenvalue weighted by Gasteiger charge is -2.34. The van der Waals surface area contributed by atoms with Crippen LogP contribution in [0.3, 0.4) is 0 Å². The first-order chi connectivity index (χ1) is 10.6. The number of rotatable bonds is 2. The average molecular weight is 299 g/mol. The summed E-state index contributed by atoms with van der Waals surface area (Å²) in [4.78, 5) is 30.0. The van der Waals surface area contributed by atoms with Gasteiger partial charge in [-0.2, -0.15) is 0 Å². The molecule has 0 radical (unpaired) electrons. The Morgan fingerprint density at radius 1 is 1.09 bits per heavy atom. The molecule has 7 heteroatoms. The molecule has 1 aliphatic rings. The lowest BCUT2D eigenvalue weighted by Crippen LogP contribution is -2.49. The molecule has 1 saturated heterocycles. The molecule has 22 heavy (non-hydrogen) atoms. The van der Waals surface area contributed by atoms with Crippen molar-refractivity contribution in [2.24, 2.45) is 0 Å². The Morgan fingerprint density at radius 2 is 1.77 bits per heavy atom. The van der Waals surface area contributed by atoms with Gasteiger partial charge >= 0.3 is 0 Å². The van der Waals surface area contributed by atoms with Gasteiger partial charge < -0.3 is 9.80 Å². The summed E-state index contributed by atoms with van der Waals surface area (Å²) >= 11 is 0. The van der Waals surface area contributed by atoms with Crippen LogP contribution in [-0.4, -0.2) is 52.2 Å². The standard InChI is InChI=1S/C15H17N5O2/c1-11(21)19-7-9-20(10-8-19)15-16-14(22)13(17-18-15)12-5-3-2-4-6-12/h2-6H,7-10H2,1H3,(H,16,18,22). The smallest absolute Gasteiger partial charge is 0.279 e. The molecule has 1 fully saturated rings. The molecule has 1 aliphatic heterocycles. The summed E-state index contributed by atoms with van der Waals surface area (Å²) < 4.78 is 0. The third-order valence-corrected chi connectivity index (χ3v) is 3.76. The average Bonchev–Trinajstić information content (AvgIpc) is 2.55. The number of carbonyl (C=O) groups excluding carboxylic acids is 1. The van der Waals surface area contributed by atoms with Crippen molar-refractivity contribution in [3.63, 3.8) is 0 Å². The highest BCUT2D eigenvalue weighted by Gasteiger charge is 2.21. The molecule has 1 aromatic heterocycles. The van der Waals surface area contributed by atoms with Gasteiger partial charge in [-0.15, -0.1) is 10.2 Å². The molecule has 1 amide bonds. The summed E-state index contributed by atoms with van der Waals surface area (Å²) in [6, 6.07) is 9.24. The highest BCUT2D eigenvalue weighted by atomic mass is 16.2. The number of nitrogens with one attached hydrogen (secondary N) is 1. The zero-order valence-corrected chi connectivity index (χ0v) is 12.3. The molecule has 114 valence electrons. The molecule has 0 saturated carbocycles. The van der Waals surface area contributed by atoms with Crippen molar-refractivity contribution in [2.75, 3.05) is 31.1 Å². The van der Waals surface area contributed by atoms with Gasteiger partial charge in [-0.3, -0.25) is 14.6 Å². The van der Waals surface area contributed by atoms with Gasteiger partial charge in [-0.25, -0.2) is 0 Å². The number of hydrogen-bond acceptors (Lipinski definition) is 5. The number of anilines is 1. The Bertz CT molecular complexity index is 720. The van der Waals surface area contributed by atoms with E-state index in [1.165, 1.54) is 0 Å². The van der Waals surface area contributed by atoms with Crippen LogP contribution in [-0.2, 0) is 4.79 Å². The number of aromatic nitrogens is 3. The molecule has 3 rings (SSSR count). The number of piperazine rings is 1. The molecule has 0 aliphatic carbocycles. The van der Waals surface area contributed by atoms with Gasteiger partial charge in [0.2, 0.25) is 11.9 Å². The van der Waals surface area contributed by atoms with Crippen molar-refractivity contribution in [3.8, 4) is 11.3 Å². The molecular weight excluding hydrogens is 282 g/mol. The molecule has 0 bridgehead atoms. The summed E-state index contributed by atoms with van der Waals surface area (Å²) in [6.07, 6.45) is 0. The molecule has 0 spiro atoms. The molecule has 2 heterocycles. The minimum atomic E-state index is -0.259. The van der Waals surface area contributed by atoms with E-state index in [9.17, 15) is 9.59 Å². The predicted octanol–water partition coefficient (Wildman–Crippen LogP) is 0.500. The van der Waals surface area contributed by atoms with E-state index in [-0.39, 0.29) is 11.5 Å². The third-order valence-electron chi connectivity index (χ3n) is 3.76. The van der Waals surface area contributed by atoms with Crippen molar-refractivity contribution in [1.29, 1.82) is 0 Å². The molecule has 1 N–H and O–H groups in total. The minimum Gasteiger partial charge on any atom is -0.339 e. The van der Waals surface area contributed by atoms with Crippen LogP contribution in [0.15, 0.2) is 35.1 Å². The Kier molecular flexibility index (Phi) is 3.86. The summed E-state index contributed by atoms with van der Waals surface area (Å²) in [5.41, 5.74) is 0.793. The van der Waals surface area contributed by atoms with Gasteiger partial charge in [-0.05, 0) is 0 Å². The van der Waals surface area contributed by atoms with Crippen LogP contribution in [0.25, 0.3) is 11.3 Å². The van der Waals surface area contributed by atoms with Crippen LogP contribution < -0.4 is 10.5 Å². The second-order valence-electron chi connectivity index (χ2n) is 5.19. The Balaban J connectivity index is 1.79. The fourth-order valence-electron chi connectivity index (χ4n) is 2.49. The van der Waals surface area contributed by atoms with E-state index in [1.54, 1.807) is 11.8 Å². The summed E-state index contributed by atoms with van der Waals surface area (Å²) in [5, 5.41) is 8.19. The molecule has 2 aromatic rings. The first-order valence-electron chi connectivity index (χ1n) is 7.18. The number of aromatic amines is 1. The third kappa shape index (κ3) is 2.83. The minimum absolute atomic E-state index is 0.0682. The van der Waals surface area contributed by atoms with Gasteiger partial charge in [0.1, 0.15) is 0 Å². The topological polar surface area (TPSA) is 82.2 Å². The maximum atomic E-state index is 12.2. The number of hydrogen-bond donors (Lipinski definition) is 1. The van der Waals surface area contributed by atoms with Crippen molar-refractivity contribution in [3.05, 3.63) is 40.7 Å². The van der Waals surface area contributed by atoms with E-state index in [4.69, 9.17) is 0 Å². The van der Waals surface area contributed by atoms with Crippen LogP contribution in [0, 0.1) is 0 Å². The molecule has 7 nitrogen and oxygen atoms in total. The van der Waals surface area contributed by atoms with Crippen molar-refractivity contribution < 1.29 is 4.79 Å². The highest BCUT2D eigenvalue weighted by Crippen LogP contribution is 2.13. The largest absolute Gasteiger partial charge is 0.339 e. The first-order valence-corrected chi connectivity index (χ1v) is 7.18. The number of benzene rings is 1. The van der Waals surface area contributed by atoms with E-state index in [1.807, 2.05) is 35.2 Å². The molecular formula is C15H17N5O2. The molecule has 0 atom stereocenters. The van der Waals surface area contributed by atoms with Gasteiger partial charge in [-0.1, -0.05) is 30.3 Å². The number of carbonyl (C=O) groups is 1. The van der Waals surface area contributed by atoms with E-state index >= 15 is 0 Å². The zero-order chi connectivity index (χ0) is 15.5. The fraction of sp³-hybridized carbons (Fsp3) is 0.333. The van der Waals surface area contributed by atoms with Crippen molar-refractivity contribution >= 4 is 11.9 Å². The number of amides is 1. The summed E-state index contributed by atoms with van der Waals surface area (Å²) in [6.45, 7) is 4.08. The summed E-state index contributed by atoms with van der Waals surface area (Å²) in [5.74, 6) is 0.520. The Labute approximate surface area is 127 Å². The van der Waals surface area contributed by atoms with Gasteiger partial charge in [0, 0.05) is 38.7 Å². The van der Waals surface area contributed by atoms with Crippen LogP contribution >= 0.6 is 0 Å². The highest BCUT2D eigenvalue weighted by molar-refractivity contribution is 5.73. The van der Waals surface area contributed by atoms with Crippen LogP contribution in [0.1, 0.15) is 6.92 Å². The van der Waals surface area contributed by atoms with E-state index < -0.39 is 0 Å². The number of nitrogens with zero attached hydrogens (tertiary/aromatic N) is 4. The zero-order valence-electron chi connectivity index (χ0n) is 12.3. The molecule has 0 unspecified atom stereocenters. The Morgan fingerprint density at radius 3 is 2.36 bits per heavy atom. The maximum Gasteiger partial charge on any atom is 0.279 e. The van der Waals surface area contributed by atoms with Crippen molar-refractivity contribution in [1.82, 2.24) is 20.1 Å². The predicted molar refractivity (Wildman–Crippen MR) is 82.6 cm³/mol. The lowest BCUT2D eigenvalue weighted by atomic mass is 10.2. The van der Waals surface area contributed by atoms with Crippen LogP contribution in [0.5, 0.6) is 0 Å². The van der Waals surface area contributed by atoms with Crippen molar-refractivity contribution in [2.45, 2.75) is 6.92 Å². The lowest BCUT2D eigenvalue weighted by molar-refractivity contribution is -0.129. The van der Waals surface area contributed by atoms with E-state index in [0.717, 1.165) is 5.56 Å². The quantitative estimate of drug-likeness (QED) is 0.873. The Hall–Kier alpha value is -2.70. The first kappa shape index (κ1) is 14.2. The van der Waals surface area contributed by atoms with Crippen LogP contribution in [0.4, 0.5) is 5.95 Å². The van der Waals surface area contributed by atoms with Crippen LogP contribution in [0.2, 0.25) is 0 Å². The van der Waals surface area contributed by atoms with Gasteiger partial charge in [0.15, 0.2) is 5.69 Å². The van der Waals surface area contributed by atoms with E-state index in [0.29, 0.717) is 37.8 Å². The maximum absolute atomic E-state index is 12.2. The fourth-order valence-corrected chi connectivity index (χ4v) is 2.49. The second-order valence-corrected chi connectivity index (χ2v) is 5.19. The normalized spacial score (nSPS) is 15.0. The number of H-pyrrole nitrogens is 1. The van der Waals surface area contributed by atoms with Gasteiger partial charge in [0.25, 0.3) is 5.56 Å².